The Labute approximate surface area is 183 Å². The molecule has 1 saturated heterocycles. The van der Waals surface area contributed by atoms with Crippen molar-refractivity contribution in [1.82, 2.24) is 20.3 Å². The molecule has 0 saturated carbocycles. The fourth-order valence-electron chi connectivity index (χ4n) is 3.76. The minimum Gasteiger partial charge on any atom is -0.379 e. The number of nitrogens with one attached hydrogen (secondary N) is 1. The van der Waals surface area contributed by atoms with E-state index >= 15 is 0 Å². The van der Waals surface area contributed by atoms with Gasteiger partial charge in [0.25, 0.3) is 11.8 Å². The van der Waals surface area contributed by atoms with Gasteiger partial charge in [-0.3, -0.25) is 14.5 Å². The van der Waals surface area contributed by atoms with Gasteiger partial charge in [-0.05, 0) is 30.7 Å². The fraction of sp³-hybridized carbons (Fsp3) is 0.476. The average Bonchev–Trinajstić information content (AvgIpc) is 3.19. The first kappa shape index (κ1) is 21.0. The Hall–Kier alpha value is -2.23. The van der Waals surface area contributed by atoms with Crippen LogP contribution in [0.2, 0.25) is 0 Å². The first-order chi connectivity index (χ1) is 14.5. The number of morpholine rings is 1. The summed E-state index contributed by atoms with van der Waals surface area (Å²) in [7, 11) is 0. The van der Waals surface area contributed by atoms with Gasteiger partial charge in [-0.25, -0.2) is 0 Å². The lowest BCUT2D eigenvalue weighted by molar-refractivity contribution is 0.0383. The van der Waals surface area contributed by atoms with E-state index in [1.54, 1.807) is 4.90 Å². The monoisotopic (exact) mass is 476 g/mol. The summed E-state index contributed by atoms with van der Waals surface area (Å²) in [5, 5.41) is 6.91. The van der Waals surface area contributed by atoms with Crippen LogP contribution in [0.3, 0.4) is 0 Å². The number of hydrogen-bond acceptors (Lipinski definition) is 6. The van der Waals surface area contributed by atoms with Crippen LogP contribution in [0.15, 0.2) is 27.2 Å². The molecule has 0 aliphatic carbocycles. The van der Waals surface area contributed by atoms with E-state index < -0.39 is 0 Å². The zero-order valence-electron chi connectivity index (χ0n) is 16.9. The summed E-state index contributed by atoms with van der Waals surface area (Å²) in [6, 6.07) is 5.56. The van der Waals surface area contributed by atoms with Crippen LogP contribution in [-0.4, -0.2) is 72.7 Å². The first-order valence-corrected chi connectivity index (χ1v) is 10.9. The fourth-order valence-corrected chi connectivity index (χ4v) is 4.00. The van der Waals surface area contributed by atoms with Crippen molar-refractivity contribution < 1.29 is 18.8 Å². The summed E-state index contributed by atoms with van der Waals surface area (Å²) in [4.78, 5) is 29.6. The number of rotatable bonds is 5. The van der Waals surface area contributed by atoms with E-state index in [2.05, 4.69) is 31.3 Å². The number of aromatic nitrogens is 1. The zero-order chi connectivity index (χ0) is 21.1. The van der Waals surface area contributed by atoms with Crippen molar-refractivity contribution in [2.75, 3.05) is 45.9 Å². The lowest BCUT2D eigenvalue weighted by Gasteiger charge is -2.27. The molecule has 30 heavy (non-hydrogen) atoms. The highest BCUT2D eigenvalue weighted by Crippen LogP contribution is 2.25. The second-order valence-corrected chi connectivity index (χ2v) is 8.44. The van der Waals surface area contributed by atoms with E-state index in [4.69, 9.17) is 9.26 Å². The van der Waals surface area contributed by atoms with Gasteiger partial charge in [0, 0.05) is 54.7 Å². The number of amides is 2. The molecule has 4 rings (SSSR count). The molecule has 160 valence electrons. The van der Waals surface area contributed by atoms with Crippen molar-refractivity contribution in [3.63, 3.8) is 0 Å². The summed E-state index contributed by atoms with van der Waals surface area (Å²) >= 11 is 3.46. The smallest absolute Gasteiger partial charge is 0.273 e. The molecule has 2 aromatic rings. The van der Waals surface area contributed by atoms with Gasteiger partial charge in [0.2, 0.25) is 0 Å². The van der Waals surface area contributed by atoms with Crippen molar-refractivity contribution in [2.24, 2.45) is 0 Å². The Morgan fingerprint density at radius 2 is 2.03 bits per heavy atom. The summed E-state index contributed by atoms with van der Waals surface area (Å²) in [5.74, 6) is 0.363. The molecule has 2 aliphatic heterocycles. The Bertz CT molecular complexity index is 939. The predicted molar refractivity (Wildman–Crippen MR) is 113 cm³/mol. The third-order valence-corrected chi connectivity index (χ3v) is 6.44. The molecule has 9 heteroatoms. The molecule has 8 nitrogen and oxygen atoms in total. The molecule has 1 aromatic heterocycles. The second kappa shape index (κ2) is 9.28. The summed E-state index contributed by atoms with van der Waals surface area (Å²) < 4.78 is 11.7. The molecule has 1 aromatic carbocycles. The molecule has 0 bridgehead atoms. The molecule has 0 unspecified atom stereocenters. The SMILES string of the molecule is Cc1cc(C(=O)N2CCc3onc(C(=O)NCCN4CCOCC4)c3C2)ccc1Br. The molecular formula is C21H25BrN4O4. The normalized spacial score (nSPS) is 16.9. The maximum Gasteiger partial charge on any atom is 0.273 e. The summed E-state index contributed by atoms with van der Waals surface area (Å²) in [6.07, 6.45) is 0.546. The first-order valence-electron chi connectivity index (χ1n) is 10.1. The number of ether oxygens (including phenoxy) is 1. The predicted octanol–water partition coefficient (Wildman–Crippen LogP) is 2.01. The quantitative estimate of drug-likeness (QED) is 0.709. The van der Waals surface area contributed by atoms with Crippen molar-refractivity contribution in [3.05, 3.63) is 50.8 Å². The number of carbonyl (C=O) groups excluding carboxylic acids is 2. The van der Waals surface area contributed by atoms with Crippen LogP contribution in [-0.2, 0) is 17.7 Å². The van der Waals surface area contributed by atoms with E-state index in [1.165, 1.54) is 0 Å². The van der Waals surface area contributed by atoms with Gasteiger partial charge in [-0.15, -0.1) is 0 Å². The molecule has 0 radical (unpaired) electrons. The maximum absolute atomic E-state index is 13.0. The summed E-state index contributed by atoms with van der Waals surface area (Å²) in [5.41, 5.74) is 2.61. The van der Waals surface area contributed by atoms with E-state index in [9.17, 15) is 9.59 Å². The van der Waals surface area contributed by atoms with Crippen LogP contribution in [0, 0.1) is 6.92 Å². The molecule has 1 N–H and O–H groups in total. The Balaban J connectivity index is 1.39. The number of hydrogen-bond donors (Lipinski definition) is 1. The zero-order valence-corrected chi connectivity index (χ0v) is 18.5. The van der Waals surface area contributed by atoms with Crippen LogP contribution in [0.4, 0.5) is 0 Å². The lowest BCUT2D eigenvalue weighted by atomic mass is 10.0. The largest absolute Gasteiger partial charge is 0.379 e. The van der Waals surface area contributed by atoms with Gasteiger partial charge < -0.3 is 19.5 Å². The van der Waals surface area contributed by atoms with Crippen molar-refractivity contribution in [1.29, 1.82) is 0 Å². The van der Waals surface area contributed by atoms with Gasteiger partial charge in [0.1, 0.15) is 5.76 Å². The van der Waals surface area contributed by atoms with Gasteiger partial charge >= 0.3 is 0 Å². The molecule has 3 heterocycles. The van der Waals surface area contributed by atoms with Gasteiger partial charge in [0.15, 0.2) is 5.69 Å². The third-order valence-electron chi connectivity index (χ3n) is 5.55. The van der Waals surface area contributed by atoms with Gasteiger partial charge in [-0.1, -0.05) is 21.1 Å². The Morgan fingerprint density at radius 3 is 2.80 bits per heavy atom. The number of fused-ring (bicyclic) bond motifs is 1. The summed E-state index contributed by atoms with van der Waals surface area (Å²) in [6.45, 7) is 7.31. The molecule has 2 amide bonds. The van der Waals surface area contributed by atoms with Crippen LogP contribution in [0.5, 0.6) is 0 Å². The Morgan fingerprint density at radius 1 is 1.23 bits per heavy atom. The lowest BCUT2D eigenvalue weighted by Crippen LogP contribution is -2.41. The second-order valence-electron chi connectivity index (χ2n) is 7.58. The highest BCUT2D eigenvalue weighted by atomic mass is 79.9. The van der Waals surface area contributed by atoms with Crippen LogP contribution in [0.1, 0.15) is 37.7 Å². The molecule has 1 fully saturated rings. The van der Waals surface area contributed by atoms with E-state index in [1.807, 2.05) is 25.1 Å². The average molecular weight is 477 g/mol. The van der Waals surface area contributed by atoms with Crippen LogP contribution in [0.25, 0.3) is 0 Å². The van der Waals surface area contributed by atoms with Crippen molar-refractivity contribution >= 4 is 27.7 Å². The Kier molecular flexibility index (Phi) is 6.50. The molecule has 0 spiro atoms. The number of carbonyl (C=O) groups is 2. The van der Waals surface area contributed by atoms with Crippen LogP contribution < -0.4 is 5.32 Å². The van der Waals surface area contributed by atoms with Crippen LogP contribution >= 0.6 is 15.9 Å². The maximum atomic E-state index is 13.0. The highest BCUT2D eigenvalue weighted by molar-refractivity contribution is 9.10. The van der Waals surface area contributed by atoms with E-state index in [0.29, 0.717) is 42.9 Å². The minimum absolute atomic E-state index is 0.0591. The molecule has 2 aliphatic rings. The van der Waals surface area contributed by atoms with Gasteiger partial charge in [-0.2, -0.15) is 0 Å². The third kappa shape index (κ3) is 4.58. The standard InChI is InChI=1S/C21H25BrN4O4/c1-14-12-15(2-3-17(14)22)21(28)26-6-4-18-16(13-26)19(24-30-18)20(27)23-5-7-25-8-10-29-11-9-25/h2-3,12H,4-11,13H2,1H3,(H,23,27). The highest BCUT2D eigenvalue weighted by Gasteiger charge is 2.30. The minimum atomic E-state index is -0.262. The number of benzene rings is 1. The van der Waals surface area contributed by atoms with Gasteiger partial charge in [0.05, 0.1) is 19.8 Å². The topological polar surface area (TPSA) is 87.9 Å². The van der Waals surface area contributed by atoms with E-state index in [-0.39, 0.29) is 17.5 Å². The number of halogens is 1. The molecular weight excluding hydrogens is 452 g/mol. The van der Waals surface area contributed by atoms with E-state index in [0.717, 1.165) is 42.9 Å². The molecule has 0 atom stereocenters. The van der Waals surface area contributed by atoms with Crippen molar-refractivity contribution in [3.8, 4) is 0 Å². The number of aryl methyl sites for hydroxylation is 1. The van der Waals surface area contributed by atoms with Crippen molar-refractivity contribution in [2.45, 2.75) is 19.9 Å². The number of nitrogens with zero attached hydrogens (tertiary/aromatic N) is 3.